The van der Waals surface area contributed by atoms with Crippen molar-refractivity contribution in [3.63, 3.8) is 0 Å². The summed E-state index contributed by atoms with van der Waals surface area (Å²) in [4.78, 5) is 0. The van der Waals surface area contributed by atoms with Crippen molar-refractivity contribution in [2.45, 2.75) is 0 Å². The van der Waals surface area contributed by atoms with Crippen molar-refractivity contribution in [3.05, 3.63) is 41.4 Å². The summed E-state index contributed by atoms with van der Waals surface area (Å²) in [7, 11) is 0. The Morgan fingerprint density at radius 1 is 1.07 bits per heavy atom. The van der Waals surface area contributed by atoms with E-state index in [0.717, 1.165) is 0 Å². The number of nitrogens with two attached hydrogens (primary N) is 1. The first-order valence-corrected chi connectivity index (χ1v) is 4.22. The summed E-state index contributed by atoms with van der Waals surface area (Å²) in [6.45, 7) is 0. The first kappa shape index (κ1) is 6.86. The number of hydrogen-bond donors (Lipinski definition) is 1. The third-order valence-electron chi connectivity index (χ3n) is 2.21. The van der Waals surface area contributed by atoms with Gasteiger partial charge in [0.15, 0.2) is 0 Å². The maximum atomic E-state index is 9.02. The van der Waals surface area contributed by atoms with Gasteiger partial charge in [-0.25, -0.2) is 0 Å². The molecule has 0 saturated heterocycles. The minimum atomic E-state index is 0.107. The molecule has 0 aromatic carbocycles. The Labute approximate surface area is 90.1 Å². The van der Waals surface area contributed by atoms with Gasteiger partial charge in [-0.15, -0.1) is 0 Å². The standard InChI is InChI=1S/C12H7N3/c13-6-10-8-4-2-1-3-5-9(8)11(7-14)12(10)15/h1-5H,15H2/i2D,3D. The van der Waals surface area contributed by atoms with Gasteiger partial charge in [0.25, 0.3) is 0 Å². The van der Waals surface area contributed by atoms with E-state index in [-0.39, 0.29) is 28.9 Å². The highest BCUT2D eigenvalue weighted by molar-refractivity contribution is 5.90. The van der Waals surface area contributed by atoms with Gasteiger partial charge in [-0.3, -0.25) is 0 Å². The zero-order valence-corrected chi connectivity index (χ0v) is 7.70. The summed E-state index contributed by atoms with van der Waals surface area (Å²) in [5.74, 6) is 0. The first-order valence-electron chi connectivity index (χ1n) is 5.22. The fourth-order valence-electron chi connectivity index (χ4n) is 1.52. The molecule has 0 spiro atoms. The van der Waals surface area contributed by atoms with E-state index in [0.29, 0.717) is 11.1 Å². The molecule has 0 bridgehead atoms. The van der Waals surface area contributed by atoms with Gasteiger partial charge in [-0.05, 0) is 0 Å². The maximum Gasteiger partial charge on any atom is 0.102 e. The van der Waals surface area contributed by atoms with Crippen LogP contribution < -0.4 is 5.73 Å². The number of anilines is 1. The average Bonchev–Trinajstić information content (AvgIpc) is 2.39. The summed E-state index contributed by atoms with van der Waals surface area (Å²) in [6.07, 6.45) is 0. The van der Waals surface area contributed by atoms with Crippen molar-refractivity contribution >= 4 is 5.69 Å². The number of nitriles is 2. The van der Waals surface area contributed by atoms with Gasteiger partial charge in [-0.1, -0.05) is 30.3 Å². The highest BCUT2D eigenvalue weighted by atomic mass is 14.6. The zero-order chi connectivity index (χ0) is 12.6. The SMILES string of the molecule is [2H]c1cc([2H])cc2c(C#N)c(N)c(C#N)c-2c1. The fraction of sp³-hybridized carbons (Fsp3) is 0. The van der Waals surface area contributed by atoms with E-state index in [2.05, 4.69) is 0 Å². The van der Waals surface area contributed by atoms with E-state index in [1.807, 2.05) is 12.1 Å². The number of nitrogen functional groups attached to an aromatic ring is 1. The van der Waals surface area contributed by atoms with Crippen LogP contribution in [0.15, 0.2) is 30.3 Å². The van der Waals surface area contributed by atoms with Crippen LogP contribution in [0.3, 0.4) is 0 Å². The predicted octanol–water partition coefficient (Wildman–Crippen LogP) is 2.12. The van der Waals surface area contributed by atoms with Crippen LogP contribution in [0.2, 0.25) is 0 Å². The molecule has 0 unspecified atom stereocenters. The summed E-state index contributed by atoms with van der Waals surface area (Å²) in [5.41, 5.74) is 7.12. The largest absolute Gasteiger partial charge is 0.397 e. The smallest absolute Gasteiger partial charge is 0.102 e. The molecule has 0 saturated carbocycles. The van der Waals surface area contributed by atoms with Gasteiger partial charge in [0.2, 0.25) is 0 Å². The lowest BCUT2D eigenvalue weighted by atomic mass is 10.1. The van der Waals surface area contributed by atoms with E-state index in [1.54, 1.807) is 0 Å². The van der Waals surface area contributed by atoms with Crippen LogP contribution in [0, 0.1) is 22.7 Å². The van der Waals surface area contributed by atoms with E-state index in [9.17, 15) is 0 Å². The van der Waals surface area contributed by atoms with Crippen molar-refractivity contribution in [2.24, 2.45) is 0 Å². The molecule has 2 aliphatic carbocycles. The minimum Gasteiger partial charge on any atom is -0.397 e. The Morgan fingerprint density at radius 2 is 1.53 bits per heavy atom. The molecule has 0 amide bonds. The van der Waals surface area contributed by atoms with Crippen LogP contribution in [-0.4, -0.2) is 0 Å². The van der Waals surface area contributed by atoms with Crippen LogP contribution in [0.25, 0.3) is 11.1 Å². The third kappa shape index (κ3) is 1.19. The Morgan fingerprint density at radius 3 is 1.93 bits per heavy atom. The van der Waals surface area contributed by atoms with Gasteiger partial charge < -0.3 is 5.73 Å². The van der Waals surface area contributed by atoms with Gasteiger partial charge in [-0.2, -0.15) is 10.5 Å². The minimum absolute atomic E-state index is 0.107. The summed E-state index contributed by atoms with van der Waals surface area (Å²) in [5, 5.41) is 18.0. The first-order chi connectivity index (χ1) is 8.08. The lowest BCUT2D eigenvalue weighted by Gasteiger charge is -1.91. The number of hydrogen-bond acceptors (Lipinski definition) is 3. The zero-order valence-electron chi connectivity index (χ0n) is 9.70. The van der Waals surface area contributed by atoms with E-state index < -0.39 is 0 Å². The van der Waals surface area contributed by atoms with Crippen LogP contribution in [-0.2, 0) is 0 Å². The quantitative estimate of drug-likeness (QED) is 0.699. The monoisotopic (exact) mass is 195 g/mol. The van der Waals surface area contributed by atoms with Crippen molar-refractivity contribution in [3.8, 4) is 23.3 Å². The van der Waals surface area contributed by atoms with Gasteiger partial charge in [0, 0.05) is 11.1 Å². The third-order valence-corrected chi connectivity index (χ3v) is 2.21. The van der Waals surface area contributed by atoms with Gasteiger partial charge in [0.05, 0.1) is 19.6 Å². The lowest BCUT2D eigenvalue weighted by molar-refractivity contribution is 1.50. The molecule has 2 aliphatic rings. The molecule has 0 aromatic heterocycles. The highest BCUT2D eigenvalue weighted by Crippen LogP contribution is 2.36. The predicted molar refractivity (Wildman–Crippen MR) is 56.9 cm³/mol. The number of nitrogens with zero attached hydrogens (tertiary/aromatic N) is 2. The molecule has 0 heterocycles. The molecule has 70 valence electrons. The Bertz CT molecular complexity index is 610. The van der Waals surface area contributed by atoms with Crippen LogP contribution in [0.1, 0.15) is 13.9 Å². The molecule has 15 heavy (non-hydrogen) atoms. The second-order valence-corrected chi connectivity index (χ2v) is 2.98. The molecule has 0 radical (unpaired) electrons. The molecular formula is C12H7N3. The molecule has 0 atom stereocenters. The van der Waals surface area contributed by atoms with Crippen molar-refractivity contribution in [2.75, 3.05) is 5.73 Å². The molecule has 3 nitrogen and oxygen atoms in total. The second kappa shape index (κ2) is 3.32. The topological polar surface area (TPSA) is 73.6 Å². The molecule has 0 fully saturated rings. The summed E-state index contributed by atoms with van der Waals surface area (Å²) < 4.78 is 15.2. The van der Waals surface area contributed by atoms with Gasteiger partial charge >= 0.3 is 0 Å². The van der Waals surface area contributed by atoms with E-state index in [1.165, 1.54) is 18.2 Å². The van der Waals surface area contributed by atoms with E-state index in [4.69, 9.17) is 19.0 Å². The molecule has 3 heteroatoms. The fourth-order valence-corrected chi connectivity index (χ4v) is 1.52. The van der Waals surface area contributed by atoms with Crippen molar-refractivity contribution in [1.82, 2.24) is 0 Å². The van der Waals surface area contributed by atoms with E-state index >= 15 is 0 Å². The molecular weight excluding hydrogens is 186 g/mol. The molecule has 0 aromatic rings. The number of rotatable bonds is 0. The lowest BCUT2D eigenvalue weighted by Crippen LogP contribution is -1.87. The Balaban J connectivity index is 2.98. The Hall–Kier alpha value is -2.52. The normalized spacial score (nSPS) is 11.3. The Kier molecular flexibility index (Phi) is 1.52. The van der Waals surface area contributed by atoms with Crippen LogP contribution in [0.5, 0.6) is 0 Å². The van der Waals surface area contributed by atoms with Crippen LogP contribution >= 0.6 is 0 Å². The molecule has 2 N–H and O–H groups in total. The van der Waals surface area contributed by atoms with Crippen LogP contribution in [0.4, 0.5) is 5.69 Å². The summed E-state index contributed by atoms with van der Waals surface area (Å²) >= 11 is 0. The molecule has 0 aliphatic heterocycles. The van der Waals surface area contributed by atoms with Crippen molar-refractivity contribution < 1.29 is 2.74 Å². The van der Waals surface area contributed by atoms with Crippen molar-refractivity contribution in [1.29, 1.82) is 10.5 Å². The average molecular weight is 195 g/mol. The highest BCUT2D eigenvalue weighted by Gasteiger charge is 2.19. The maximum absolute atomic E-state index is 9.02. The second-order valence-electron chi connectivity index (χ2n) is 2.98. The number of fused-ring (bicyclic) bond motifs is 1. The molecule has 2 rings (SSSR count). The van der Waals surface area contributed by atoms with Gasteiger partial charge in [0.1, 0.15) is 12.1 Å². The summed E-state index contributed by atoms with van der Waals surface area (Å²) in [6, 6.07) is 8.32.